The molecule has 0 aliphatic carbocycles. The predicted molar refractivity (Wildman–Crippen MR) is 93.5 cm³/mol. The van der Waals surface area contributed by atoms with Gasteiger partial charge in [0.25, 0.3) is 0 Å². The molecule has 0 radical (unpaired) electrons. The number of nitrogens with zero attached hydrogens (tertiary/aromatic N) is 2. The van der Waals surface area contributed by atoms with E-state index in [1.54, 1.807) is 17.0 Å². The summed E-state index contributed by atoms with van der Waals surface area (Å²) in [4.78, 5) is 14.2. The van der Waals surface area contributed by atoms with Gasteiger partial charge in [-0.15, -0.1) is 0 Å². The van der Waals surface area contributed by atoms with Crippen molar-refractivity contribution in [1.82, 2.24) is 0 Å². The molecule has 0 bridgehead atoms. The minimum atomic E-state index is 0.0852. The Bertz CT molecular complexity index is 719. The first-order chi connectivity index (χ1) is 11.1. The van der Waals surface area contributed by atoms with Crippen LogP contribution >= 0.6 is 0 Å². The molecule has 1 N–H and O–H groups in total. The number of hydrogen-bond acceptors (Lipinski definition) is 3. The van der Waals surface area contributed by atoms with Gasteiger partial charge >= 0.3 is 0 Å². The summed E-state index contributed by atoms with van der Waals surface area (Å²) in [5.41, 5.74) is 3.54. The lowest BCUT2D eigenvalue weighted by Gasteiger charge is -2.21. The van der Waals surface area contributed by atoms with E-state index in [2.05, 4.69) is 11.4 Å². The molecule has 0 heterocycles. The normalized spacial score (nSPS) is 9.96. The van der Waals surface area contributed by atoms with Crippen molar-refractivity contribution in [1.29, 1.82) is 5.26 Å². The Morgan fingerprint density at radius 3 is 2.70 bits per heavy atom. The zero-order valence-corrected chi connectivity index (χ0v) is 13.5. The van der Waals surface area contributed by atoms with E-state index in [0.717, 1.165) is 16.9 Å². The number of rotatable bonds is 6. The van der Waals surface area contributed by atoms with Crippen LogP contribution in [0.3, 0.4) is 0 Å². The first-order valence-electron chi connectivity index (χ1n) is 7.75. The van der Waals surface area contributed by atoms with Crippen molar-refractivity contribution >= 4 is 17.3 Å². The van der Waals surface area contributed by atoms with Gasteiger partial charge in [0.05, 0.1) is 11.6 Å². The first kappa shape index (κ1) is 16.6. The second-order valence-corrected chi connectivity index (χ2v) is 5.35. The van der Waals surface area contributed by atoms with Crippen molar-refractivity contribution in [3.05, 3.63) is 59.7 Å². The highest BCUT2D eigenvalue weighted by atomic mass is 16.2. The molecule has 0 aliphatic heterocycles. The molecule has 4 nitrogen and oxygen atoms in total. The number of aryl methyl sites for hydroxylation is 1. The van der Waals surface area contributed by atoms with Gasteiger partial charge in [-0.25, -0.2) is 0 Å². The van der Waals surface area contributed by atoms with Crippen molar-refractivity contribution in [2.75, 3.05) is 23.3 Å². The van der Waals surface area contributed by atoms with Crippen LogP contribution < -0.4 is 10.2 Å². The number of carbonyl (C=O) groups is 1. The summed E-state index contributed by atoms with van der Waals surface area (Å²) in [5, 5.41) is 12.1. The van der Waals surface area contributed by atoms with E-state index in [9.17, 15) is 4.79 Å². The highest BCUT2D eigenvalue weighted by molar-refractivity contribution is 5.93. The molecule has 0 aliphatic rings. The number of hydrogen-bond donors (Lipinski definition) is 1. The number of nitrogens with one attached hydrogen (secondary N) is 1. The van der Waals surface area contributed by atoms with E-state index in [4.69, 9.17) is 5.26 Å². The highest BCUT2D eigenvalue weighted by Gasteiger charge is 2.13. The Labute approximate surface area is 137 Å². The molecule has 1 amide bonds. The maximum absolute atomic E-state index is 12.4. The van der Waals surface area contributed by atoms with Crippen molar-refractivity contribution in [3.63, 3.8) is 0 Å². The Morgan fingerprint density at radius 2 is 2.00 bits per heavy atom. The van der Waals surface area contributed by atoms with Crippen LogP contribution in [0.2, 0.25) is 0 Å². The number of amides is 1. The fraction of sp³-hybridized carbons (Fsp3) is 0.263. The molecule has 2 rings (SSSR count). The van der Waals surface area contributed by atoms with Gasteiger partial charge in [0.15, 0.2) is 0 Å². The average molecular weight is 307 g/mol. The molecular weight excluding hydrogens is 286 g/mol. The van der Waals surface area contributed by atoms with Crippen LogP contribution in [0.4, 0.5) is 11.4 Å². The summed E-state index contributed by atoms with van der Waals surface area (Å²) in [7, 11) is 0. The molecule has 0 saturated heterocycles. The Hall–Kier alpha value is -2.80. The lowest BCUT2D eigenvalue weighted by atomic mass is 10.2. The van der Waals surface area contributed by atoms with Gasteiger partial charge in [0.2, 0.25) is 5.91 Å². The molecule has 118 valence electrons. The molecule has 2 aromatic carbocycles. The van der Waals surface area contributed by atoms with E-state index in [-0.39, 0.29) is 5.91 Å². The van der Waals surface area contributed by atoms with Gasteiger partial charge in [0.1, 0.15) is 0 Å². The van der Waals surface area contributed by atoms with Crippen molar-refractivity contribution in [2.45, 2.75) is 20.3 Å². The molecule has 2 aromatic rings. The summed E-state index contributed by atoms with van der Waals surface area (Å²) in [6, 6.07) is 17.3. The van der Waals surface area contributed by atoms with Crippen molar-refractivity contribution in [2.24, 2.45) is 0 Å². The molecule has 0 aromatic heterocycles. The van der Waals surface area contributed by atoms with Crippen LogP contribution in [0.15, 0.2) is 48.5 Å². The smallest absolute Gasteiger partial charge is 0.228 e. The number of anilines is 2. The summed E-state index contributed by atoms with van der Waals surface area (Å²) in [6.45, 7) is 5.18. The summed E-state index contributed by atoms with van der Waals surface area (Å²) < 4.78 is 0. The quantitative estimate of drug-likeness (QED) is 0.885. The van der Waals surface area contributed by atoms with Crippen molar-refractivity contribution in [3.8, 4) is 6.07 Å². The summed E-state index contributed by atoms with van der Waals surface area (Å²) >= 11 is 0. The van der Waals surface area contributed by atoms with Gasteiger partial charge in [-0.05, 0) is 49.7 Å². The fourth-order valence-electron chi connectivity index (χ4n) is 2.45. The monoisotopic (exact) mass is 307 g/mol. The van der Waals surface area contributed by atoms with Crippen LogP contribution in [0, 0.1) is 18.3 Å². The van der Waals surface area contributed by atoms with Crippen LogP contribution in [0.5, 0.6) is 0 Å². The largest absolute Gasteiger partial charge is 0.384 e. The molecular formula is C19H21N3O. The number of benzene rings is 2. The maximum Gasteiger partial charge on any atom is 0.228 e. The maximum atomic E-state index is 12.4. The van der Waals surface area contributed by atoms with Crippen LogP contribution in [0.1, 0.15) is 24.5 Å². The molecule has 0 atom stereocenters. The van der Waals surface area contributed by atoms with Crippen molar-refractivity contribution < 1.29 is 4.79 Å². The number of carbonyl (C=O) groups excluding carboxylic acids is 1. The molecule has 23 heavy (non-hydrogen) atoms. The lowest BCUT2D eigenvalue weighted by molar-refractivity contribution is -0.118. The van der Waals surface area contributed by atoms with E-state index in [1.165, 1.54) is 0 Å². The molecule has 0 fully saturated rings. The third kappa shape index (κ3) is 4.58. The SMILES string of the molecule is CCN(C(=O)CCNc1cccc(C#N)c1)c1cccc(C)c1. The van der Waals surface area contributed by atoms with Gasteiger partial charge in [-0.2, -0.15) is 5.26 Å². The second-order valence-electron chi connectivity index (χ2n) is 5.35. The van der Waals surface area contributed by atoms with Gasteiger partial charge in [0, 0.05) is 30.9 Å². The van der Waals surface area contributed by atoms with Crippen LogP contribution in [-0.2, 0) is 4.79 Å². The lowest BCUT2D eigenvalue weighted by Crippen LogP contribution is -2.31. The molecule has 0 unspecified atom stereocenters. The Balaban J connectivity index is 1.94. The predicted octanol–water partition coefficient (Wildman–Crippen LogP) is 3.72. The highest BCUT2D eigenvalue weighted by Crippen LogP contribution is 2.17. The van der Waals surface area contributed by atoms with E-state index < -0.39 is 0 Å². The van der Waals surface area contributed by atoms with Gasteiger partial charge in [-0.3, -0.25) is 4.79 Å². The third-order valence-electron chi connectivity index (χ3n) is 3.59. The molecule has 0 spiro atoms. The van der Waals surface area contributed by atoms with Crippen LogP contribution in [-0.4, -0.2) is 19.0 Å². The fourth-order valence-corrected chi connectivity index (χ4v) is 2.45. The van der Waals surface area contributed by atoms with E-state index >= 15 is 0 Å². The van der Waals surface area contributed by atoms with Gasteiger partial charge < -0.3 is 10.2 Å². The third-order valence-corrected chi connectivity index (χ3v) is 3.59. The molecule has 0 saturated carbocycles. The van der Waals surface area contributed by atoms with Gasteiger partial charge in [-0.1, -0.05) is 18.2 Å². The Morgan fingerprint density at radius 1 is 1.22 bits per heavy atom. The topological polar surface area (TPSA) is 56.1 Å². The second kappa shape index (κ2) is 8.00. The average Bonchev–Trinajstić information content (AvgIpc) is 2.56. The standard InChI is InChI=1S/C19H21N3O/c1-3-22(18-9-4-6-15(2)12-18)19(23)10-11-21-17-8-5-7-16(13-17)14-20/h4-9,12-13,21H,3,10-11H2,1-2H3. The zero-order valence-electron chi connectivity index (χ0n) is 13.5. The summed E-state index contributed by atoms with van der Waals surface area (Å²) in [5.74, 6) is 0.0852. The van der Waals surface area contributed by atoms with E-state index in [1.807, 2.05) is 50.2 Å². The summed E-state index contributed by atoms with van der Waals surface area (Å²) in [6.07, 6.45) is 0.401. The first-order valence-corrected chi connectivity index (χ1v) is 7.75. The minimum absolute atomic E-state index is 0.0852. The molecule has 4 heteroatoms. The zero-order chi connectivity index (χ0) is 16.7. The Kier molecular flexibility index (Phi) is 5.76. The van der Waals surface area contributed by atoms with E-state index in [0.29, 0.717) is 25.1 Å². The number of nitriles is 1. The van der Waals surface area contributed by atoms with Crippen LogP contribution in [0.25, 0.3) is 0 Å². The minimum Gasteiger partial charge on any atom is -0.384 e.